The van der Waals surface area contributed by atoms with E-state index >= 15 is 0 Å². The highest BCUT2D eigenvalue weighted by atomic mass is 16.5. The Morgan fingerprint density at radius 1 is 1.36 bits per heavy atom. The number of methoxy groups -OCH3 is 1. The summed E-state index contributed by atoms with van der Waals surface area (Å²) < 4.78 is 10.4. The number of carbonyl (C=O) groups excluding carboxylic acids is 1. The Bertz CT molecular complexity index is 1130. The number of aromatic nitrogens is 1. The van der Waals surface area contributed by atoms with Crippen molar-refractivity contribution in [2.75, 3.05) is 39.8 Å². The summed E-state index contributed by atoms with van der Waals surface area (Å²) in [6, 6.07) is 8.17. The minimum Gasteiger partial charge on any atom is -0.495 e. The van der Waals surface area contributed by atoms with Crippen molar-refractivity contribution in [3.05, 3.63) is 57.9 Å². The van der Waals surface area contributed by atoms with E-state index in [4.69, 9.17) is 14.7 Å². The van der Waals surface area contributed by atoms with Crippen LogP contribution in [0.15, 0.2) is 24.4 Å². The van der Waals surface area contributed by atoms with Crippen molar-refractivity contribution in [1.82, 2.24) is 14.8 Å². The fourth-order valence-corrected chi connectivity index (χ4v) is 5.40. The van der Waals surface area contributed by atoms with Crippen molar-refractivity contribution < 1.29 is 19.4 Å². The fourth-order valence-electron chi connectivity index (χ4n) is 5.40. The topological polar surface area (TPSA) is 98.9 Å². The monoisotopic (exact) mass is 448 g/mol. The molecule has 1 N–H and O–H groups in total. The van der Waals surface area contributed by atoms with Gasteiger partial charge in [0.05, 0.1) is 18.4 Å². The summed E-state index contributed by atoms with van der Waals surface area (Å²) in [5.41, 5.74) is 5.09. The minimum absolute atomic E-state index is 0.215. The highest BCUT2D eigenvalue weighted by Gasteiger charge is 2.45. The number of esters is 1. The number of cyclic esters (lactones) is 1. The van der Waals surface area contributed by atoms with Crippen LogP contribution in [0.3, 0.4) is 0 Å². The second kappa shape index (κ2) is 8.75. The van der Waals surface area contributed by atoms with Gasteiger partial charge in [0.1, 0.15) is 30.1 Å². The molecule has 172 valence electrons. The van der Waals surface area contributed by atoms with E-state index in [1.54, 1.807) is 6.07 Å². The maximum atomic E-state index is 11.8. The highest BCUT2D eigenvalue weighted by Crippen LogP contribution is 2.34. The van der Waals surface area contributed by atoms with Crippen LogP contribution < -0.4 is 4.74 Å². The Hall–Kier alpha value is -2.99. The van der Waals surface area contributed by atoms with Crippen molar-refractivity contribution >= 4 is 5.97 Å². The molecular weight excluding hydrogens is 420 g/mol. The molecule has 1 aromatic carbocycles. The molecular formula is C25H28N4O4. The van der Waals surface area contributed by atoms with Crippen LogP contribution in [0.5, 0.6) is 5.75 Å². The van der Waals surface area contributed by atoms with Gasteiger partial charge in [0.15, 0.2) is 0 Å². The molecule has 1 aromatic heterocycles. The Balaban J connectivity index is 1.15. The molecule has 2 saturated heterocycles. The number of benzene rings is 1. The third-order valence-corrected chi connectivity index (χ3v) is 7.37. The molecule has 2 fully saturated rings. The molecule has 3 aliphatic rings. The van der Waals surface area contributed by atoms with Gasteiger partial charge in [0.25, 0.3) is 0 Å². The van der Waals surface area contributed by atoms with E-state index in [0.29, 0.717) is 47.7 Å². The van der Waals surface area contributed by atoms with Gasteiger partial charge in [-0.05, 0) is 30.5 Å². The summed E-state index contributed by atoms with van der Waals surface area (Å²) in [7, 11) is 1.51. The standard InChI is InChI=1S/C25H28N4O4/c1-15-16(3-4-19-20(15)14-33-25(19)31)5-6-29-11-18-10-28(12-22(18)29)13-23(30)21-7-24(32-2)17(8-26)9-27-21/h3-4,7,9,18,22-23,30H,5-6,10-14H2,1-2H3. The van der Waals surface area contributed by atoms with E-state index in [1.807, 2.05) is 12.1 Å². The lowest BCUT2D eigenvalue weighted by Crippen LogP contribution is -2.56. The number of pyridine rings is 1. The first-order valence-corrected chi connectivity index (χ1v) is 11.4. The van der Waals surface area contributed by atoms with Crippen LogP contribution >= 0.6 is 0 Å². The lowest BCUT2D eigenvalue weighted by atomic mass is 9.90. The molecule has 2 aromatic rings. The zero-order valence-electron chi connectivity index (χ0n) is 19.0. The van der Waals surface area contributed by atoms with E-state index in [0.717, 1.165) is 38.2 Å². The maximum Gasteiger partial charge on any atom is 0.338 e. The van der Waals surface area contributed by atoms with Gasteiger partial charge in [0, 0.05) is 62.5 Å². The van der Waals surface area contributed by atoms with Crippen molar-refractivity contribution in [3.8, 4) is 11.8 Å². The first-order valence-electron chi connectivity index (χ1n) is 11.4. The maximum absolute atomic E-state index is 11.8. The third kappa shape index (κ3) is 3.97. The normalized spacial score (nSPS) is 22.8. The summed E-state index contributed by atoms with van der Waals surface area (Å²) in [6.07, 6.45) is 1.68. The molecule has 5 rings (SSSR count). The van der Waals surface area contributed by atoms with E-state index in [-0.39, 0.29) is 5.97 Å². The van der Waals surface area contributed by atoms with Crippen LogP contribution in [0.25, 0.3) is 0 Å². The van der Waals surface area contributed by atoms with Gasteiger partial charge in [-0.3, -0.25) is 14.8 Å². The van der Waals surface area contributed by atoms with Crippen LogP contribution in [0.2, 0.25) is 0 Å². The lowest BCUT2D eigenvalue weighted by Gasteiger charge is -2.43. The molecule has 3 unspecified atom stereocenters. The largest absolute Gasteiger partial charge is 0.495 e. The van der Waals surface area contributed by atoms with Crippen molar-refractivity contribution in [3.63, 3.8) is 0 Å². The number of β-amino-alcohol motifs (C(OH)–C–C–N with tert-alkyl or cyclic N) is 1. The number of likely N-dealkylation sites (tertiary alicyclic amines) is 2. The van der Waals surface area contributed by atoms with Crippen molar-refractivity contribution in [2.24, 2.45) is 5.92 Å². The zero-order chi connectivity index (χ0) is 23.1. The molecule has 0 saturated carbocycles. The van der Waals surface area contributed by atoms with Crippen LogP contribution in [0.1, 0.15) is 44.4 Å². The van der Waals surface area contributed by atoms with Gasteiger partial charge in [0.2, 0.25) is 0 Å². The van der Waals surface area contributed by atoms with Crippen molar-refractivity contribution in [2.45, 2.75) is 32.1 Å². The number of hydrogen-bond donors (Lipinski definition) is 1. The van der Waals surface area contributed by atoms with Crippen LogP contribution in [-0.2, 0) is 17.8 Å². The molecule has 33 heavy (non-hydrogen) atoms. The number of fused-ring (bicyclic) bond motifs is 2. The van der Waals surface area contributed by atoms with Gasteiger partial charge in [-0.1, -0.05) is 6.07 Å². The first kappa shape index (κ1) is 21.8. The SMILES string of the molecule is COc1cc(C(O)CN2CC3CN(CCc4ccc5c(c4C)COC5=O)C3C2)ncc1C#N. The third-order valence-electron chi connectivity index (χ3n) is 7.37. The lowest BCUT2D eigenvalue weighted by molar-refractivity contribution is 0.0526. The number of aliphatic hydroxyl groups excluding tert-OH is 1. The summed E-state index contributed by atoms with van der Waals surface area (Å²) >= 11 is 0. The van der Waals surface area contributed by atoms with Crippen LogP contribution in [0.4, 0.5) is 0 Å². The number of carbonyl (C=O) groups is 1. The smallest absolute Gasteiger partial charge is 0.338 e. The number of rotatable bonds is 7. The van der Waals surface area contributed by atoms with E-state index in [2.05, 4.69) is 27.8 Å². The molecule has 4 heterocycles. The van der Waals surface area contributed by atoms with Crippen molar-refractivity contribution in [1.29, 1.82) is 5.26 Å². The van der Waals surface area contributed by atoms with Gasteiger partial charge < -0.3 is 14.6 Å². The number of ether oxygens (including phenoxy) is 2. The van der Waals surface area contributed by atoms with Gasteiger partial charge >= 0.3 is 5.97 Å². The Labute approximate surface area is 193 Å². The summed E-state index contributed by atoms with van der Waals surface area (Å²) in [6.45, 7) is 6.95. The molecule has 3 atom stereocenters. The summed E-state index contributed by atoms with van der Waals surface area (Å²) in [5.74, 6) is 0.855. The molecule has 0 amide bonds. The molecule has 0 bridgehead atoms. The predicted octanol–water partition coefficient (Wildman–Crippen LogP) is 1.83. The quantitative estimate of drug-likeness (QED) is 0.641. The zero-order valence-corrected chi connectivity index (χ0v) is 19.0. The van der Waals surface area contributed by atoms with Crippen LogP contribution in [-0.4, -0.2) is 71.7 Å². The molecule has 0 radical (unpaired) electrons. The second-order valence-corrected chi connectivity index (χ2v) is 9.18. The fraction of sp³-hybridized carbons (Fsp3) is 0.480. The molecule has 0 aliphatic carbocycles. The van der Waals surface area contributed by atoms with E-state index in [9.17, 15) is 9.90 Å². The highest BCUT2D eigenvalue weighted by molar-refractivity contribution is 5.93. The number of nitrogens with zero attached hydrogens (tertiary/aromatic N) is 4. The number of nitriles is 1. The van der Waals surface area contributed by atoms with E-state index < -0.39 is 6.10 Å². The molecule has 8 nitrogen and oxygen atoms in total. The Morgan fingerprint density at radius 2 is 2.21 bits per heavy atom. The predicted molar refractivity (Wildman–Crippen MR) is 120 cm³/mol. The summed E-state index contributed by atoms with van der Waals surface area (Å²) in [5, 5.41) is 19.8. The second-order valence-electron chi connectivity index (χ2n) is 9.18. The number of hydrogen-bond acceptors (Lipinski definition) is 8. The average molecular weight is 449 g/mol. The molecule has 3 aliphatic heterocycles. The summed E-state index contributed by atoms with van der Waals surface area (Å²) in [4.78, 5) is 20.8. The minimum atomic E-state index is -0.725. The Morgan fingerprint density at radius 3 is 3.00 bits per heavy atom. The van der Waals surface area contributed by atoms with Gasteiger partial charge in [-0.25, -0.2) is 4.79 Å². The average Bonchev–Trinajstić information content (AvgIpc) is 3.35. The van der Waals surface area contributed by atoms with Gasteiger partial charge in [-0.15, -0.1) is 0 Å². The van der Waals surface area contributed by atoms with Gasteiger partial charge in [-0.2, -0.15) is 5.26 Å². The molecule has 0 spiro atoms. The Kier molecular flexibility index (Phi) is 5.79. The number of aliphatic hydroxyl groups is 1. The van der Waals surface area contributed by atoms with Crippen LogP contribution in [0, 0.1) is 24.2 Å². The first-order chi connectivity index (χ1) is 16.0. The molecule has 8 heteroatoms. The van der Waals surface area contributed by atoms with E-state index in [1.165, 1.54) is 24.4 Å².